The number of hydrogen-bond donors (Lipinski definition) is 0. The molecule has 1 amide bonds. The molecule has 0 saturated heterocycles. The predicted octanol–water partition coefficient (Wildman–Crippen LogP) is 1.39. The molecular formula is C9H11ClN2O. The Balaban J connectivity index is 2.68. The molecule has 0 aromatic carbocycles. The molecule has 13 heavy (non-hydrogen) atoms. The summed E-state index contributed by atoms with van der Waals surface area (Å²) >= 11 is 5.51. The molecule has 1 aromatic rings. The van der Waals surface area contributed by atoms with Crippen molar-refractivity contribution in [2.75, 3.05) is 19.5 Å². The number of pyridine rings is 1. The van der Waals surface area contributed by atoms with Gasteiger partial charge < -0.3 is 4.90 Å². The maximum Gasteiger partial charge on any atom is 0.272 e. The van der Waals surface area contributed by atoms with E-state index in [1.165, 1.54) is 0 Å². The second kappa shape index (κ2) is 4.82. The first kappa shape index (κ1) is 9.99. The number of alkyl halides is 1. The largest absolute Gasteiger partial charge is 0.339 e. The number of aromatic nitrogens is 1. The minimum atomic E-state index is -0.0961. The summed E-state index contributed by atoms with van der Waals surface area (Å²) in [4.78, 5) is 17.0. The molecule has 0 aliphatic rings. The third-order valence-electron chi connectivity index (χ3n) is 1.65. The number of carbonyl (C=O) groups is 1. The van der Waals surface area contributed by atoms with Crippen LogP contribution in [-0.2, 0) is 0 Å². The summed E-state index contributed by atoms with van der Waals surface area (Å²) in [5.41, 5.74) is 0.454. The molecule has 0 saturated carbocycles. The van der Waals surface area contributed by atoms with E-state index >= 15 is 0 Å². The number of nitrogens with zero attached hydrogens (tertiary/aromatic N) is 2. The van der Waals surface area contributed by atoms with E-state index < -0.39 is 0 Å². The summed E-state index contributed by atoms with van der Waals surface area (Å²) in [5.74, 6) is 0.343. The monoisotopic (exact) mass is 198 g/mol. The molecule has 3 nitrogen and oxygen atoms in total. The van der Waals surface area contributed by atoms with Gasteiger partial charge in [-0.25, -0.2) is 0 Å². The van der Waals surface area contributed by atoms with Crippen molar-refractivity contribution in [3.8, 4) is 0 Å². The molecule has 0 fully saturated rings. The maximum atomic E-state index is 11.5. The zero-order valence-electron chi connectivity index (χ0n) is 7.40. The lowest BCUT2D eigenvalue weighted by Gasteiger charge is -2.14. The predicted molar refractivity (Wildman–Crippen MR) is 51.9 cm³/mol. The fourth-order valence-electron chi connectivity index (χ4n) is 0.913. The van der Waals surface area contributed by atoms with Gasteiger partial charge in [-0.1, -0.05) is 6.07 Å². The van der Waals surface area contributed by atoms with Gasteiger partial charge >= 0.3 is 0 Å². The van der Waals surface area contributed by atoms with E-state index in [2.05, 4.69) is 4.98 Å². The van der Waals surface area contributed by atoms with Gasteiger partial charge in [0.05, 0.1) is 0 Å². The molecule has 70 valence electrons. The van der Waals surface area contributed by atoms with Crippen molar-refractivity contribution in [1.82, 2.24) is 9.88 Å². The molecule has 0 atom stereocenters. The summed E-state index contributed by atoms with van der Waals surface area (Å²) in [7, 11) is 1.71. The Labute approximate surface area is 82.3 Å². The van der Waals surface area contributed by atoms with E-state index in [1.807, 2.05) is 0 Å². The van der Waals surface area contributed by atoms with Crippen molar-refractivity contribution in [1.29, 1.82) is 0 Å². The molecule has 1 aromatic heterocycles. The Morgan fingerprint density at radius 2 is 2.38 bits per heavy atom. The standard InChI is InChI=1S/C9H11ClN2O/c1-12(7-5-10)9(13)8-4-2-3-6-11-8/h2-4,6H,5,7H2,1H3. The minimum absolute atomic E-state index is 0.0961. The molecule has 0 aliphatic carbocycles. The van der Waals surface area contributed by atoms with Crippen LogP contribution in [-0.4, -0.2) is 35.3 Å². The topological polar surface area (TPSA) is 33.2 Å². The van der Waals surface area contributed by atoms with Gasteiger partial charge in [0.15, 0.2) is 0 Å². The summed E-state index contributed by atoms with van der Waals surface area (Å²) in [6, 6.07) is 5.25. The normalized spacial score (nSPS) is 9.69. The van der Waals surface area contributed by atoms with Gasteiger partial charge in [0.2, 0.25) is 0 Å². The van der Waals surface area contributed by atoms with Crippen LogP contribution in [0, 0.1) is 0 Å². The highest BCUT2D eigenvalue weighted by Crippen LogP contribution is 1.98. The van der Waals surface area contributed by atoms with Crippen molar-refractivity contribution in [2.24, 2.45) is 0 Å². The third-order valence-corrected chi connectivity index (χ3v) is 1.82. The first-order valence-corrected chi connectivity index (χ1v) is 4.51. The van der Waals surface area contributed by atoms with E-state index in [0.29, 0.717) is 18.1 Å². The first-order chi connectivity index (χ1) is 6.25. The lowest BCUT2D eigenvalue weighted by Crippen LogP contribution is -2.29. The molecule has 1 rings (SSSR count). The summed E-state index contributed by atoms with van der Waals surface area (Å²) in [6.07, 6.45) is 1.60. The number of carbonyl (C=O) groups excluding carboxylic acids is 1. The van der Waals surface area contributed by atoms with Crippen LogP contribution in [0.1, 0.15) is 10.5 Å². The lowest BCUT2D eigenvalue weighted by molar-refractivity contribution is 0.0797. The van der Waals surface area contributed by atoms with Crippen molar-refractivity contribution >= 4 is 17.5 Å². The number of amides is 1. The zero-order valence-corrected chi connectivity index (χ0v) is 8.16. The van der Waals surface area contributed by atoms with Gasteiger partial charge in [-0.15, -0.1) is 11.6 Å². The van der Waals surface area contributed by atoms with Crippen LogP contribution < -0.4 is 0 Å². The molecule has 0 unspecified atom stereocenters. The van der Waals surface area contributed by atoms with Gasteiger partial charge in [0, 0.05) is 25.7 Å². The van der Waals surface area contributed by atoms with Crippen LogP contribution in [0.2, 0.25) is 0 Å². The Morgan fingerprint density at radius 1 is 1.62 bits per heavy atom. The Morgan fingerprint density at radius 3 is 2.92 bits per heavy atom. The Bertz CT molecular complexity index is 276. The SMILES string of the molecule is CN(CCCl)C(=O)c1ccccn1. The molecule has 0 N–H and O–H groups in total. The van der Waals surface area contributed by atoms with Crippen LogP contribution in [0.5, 0.6) is 0 Å². The average Bonchev–Trinajstić information content (AvgIpc) is 2.18. The number of halogens is 1. The average molecular weight is 199 g/mol. The van der Waals surface area contributed by atoms with E-state index in [-0.39, 0.29) is 5.91 Å². The first-order valence-electron chi connectivity index (χ1n) is 3.98. The quantitative estimate of drug-likeness (QED) is 0.688. The smallest absolute Gasteiger partial charge is 0.272 e. The fourth-order valence-corrected chi connectivity index (χ4v) is 1.17. The Hall–Kier alpha value is -1.09. The summed E-state index contributed by atoms with van der Waals surface area (Å²) in [5, 5.41) is 0. The van der Waals surface area contributed by atoms with Gasteiger partial charge in [-0.3, -0.25) is 9.78 Å². The molecule has 0 bridgehead atoms. The highest BCUT2D eigenvalue weighted by molar-refractivity contribution is 6.18. The highest BCUT2D eigenvalue weighted by atomic mass is 35.5. The van der Waals surface area contributed by atoms with Crippen molar-refractivity contribution in [3.05, 3.63) is 30.1 Å². The fraction of sp³-hybridized carbons (Fsp3) is 0.333. The lowest BCUT2D eigenvalue weighted by atomic mass is 10.3. The van der Waals surface area contributed by atoms with Crippen LogP contribution >= 0.6 is 11.6 Å². The molecule has 1 heterocycles. The van der Waals surface area contributed by atoms with E-state index in [9.17, 15) is 4.79 Å². The highest BCUT2D eigenvalue weighted by Gasteiger charge is 2.10. The Kier molecular flexibility index (Phi) is 3.71. The van der Waals surface area contributed by atoms with Crippen LogP contribution in [0.15, 0.2) is 24.4 Å². The van der Waals surface area contributed by atoms with E-state index in [4.69, 9.17) is 11.6 Å². The van der Waals surface area contributed by atoms with Crippen LogP contribution in [0.3, 0.4) is 0 Å². The number of hydrogen-bond acceptors (Lipinski definition) is 2. The maximum absolute atomic E-state index is 11.5. The summed E-state index contributed by atoms with van der Waals surface area (Å²) < 4.78 is 0. The van der Waals surface area contributed by atoms with Crippen molar-refractivity contribution in [2.45, 2.75) is 0 Å². The number of rotatable bonds is 3. The van der Waals surface area contributed by atoms with Crippen LogP contribution in [0.25, 0.3) is 0 Å². The van der Waals surface area contributed by atoms with Crippen LogP contribution in [0.4, 0.5) is 0 Å². The van der Waals surface area contributed by atoms with Gasteiger partial charge in [-0.05, 0) is 12.1 Å². The molecule has 0 aliphatic heterocycles. The third kappa shape index (κ3) is 2.70. The minimum Gasteiger partial charge on any atom is -0.339 e. The van der Waals surface area contributed by atoms with Gasteiger partial charge in [0.1, 0.15) is 5.69 Å². The van der Waals surface area contributed by atoms with Gasteiger partial charge in [0.25, 0.3) is 5.91 Å². The van der Waals surface area contributed by atoms with E-state index in [0.717, 1.165) is 0 Å². The van der Waals surface area contributed by atoms with E-state index in [1.54, 1.807) is 36.3 Å². The van der Waals surface area contributed by atoms with Crippen molar-refractivity contribution in [3.63, 3.8) is 0 Å². The van der Waals surface area contributed by atoms with Gasteiger partial charge in [-0.2, -0.15) is 0 Å². The second-order valence-corrected chi connectivity index (χ2v) is 3.01. The summed E-state index contributed by atoms with van der Waals surface area (Å²) in [6.45, 7) is 0.539. The van der Waals surface area contributed by atoms with Crippen molar-refractivity contribution < 1.29 is 4.79 Å². The molecule has 4 heteroatoms. The molecule has 0 spiro atoms. The molecular weight excluding hydrogens is 188 g/mol. The zero-order chi connectivity index (χ0) is 9.68. The second-order valence-electron chi connectivity index (χ2n) is 2.63. The molecule has 0 radical (unpaired) electrons.